The Kier molecular flexibility index (Phi) is 3.78. The standard InChI is InChI=1S/C11H21N3O2/c12-11(2-1-3-11)10(15)13-4-5-14-6-8-16-9-7-14/h1-9,12H2,(H,13,15). The van der Waals surface area contributed by atoms with Gasteiger partial charge in [0.1, 0.15) is 0 Å². The molecule has 1 heterocycles. The molecule has 0 radical (unpaired) electrons. The minimum Gasteiger partial charge on any atom is -0.379 e. The lowest BCUT2D eigenvalue weighted by atomic mass is 9.77. The monoisotopic (exact) mass is 227 g/mol. The molecule has 0 bridgehead atoms. The third-order valence-corrected chi connectivity index (χ3v) is 3.52. The number of ether oxygens (including phenoxy) is 1. The van der Waals surface area contributed by atoms with Crippen molar-refractivity contribution in [1.29, 1.82) is 0 Å². The van der Waals surface area contributed by atoms with Crippen LogP contribution in [0.25, 0.3) is 0 Å². The van der Waals surface area contributed by atoms with E-state index in [1.807, 2.05) is 0 Å². The summed E-state index contributed by atoms with van der Waals surface area (Å²) in [5.74, 6) is 0.0204. The molecule has 1 amide bonds. The van der Waals surface area contributed by atoms with Crippen molar-refractivity contribution in [3.63, 3.8) is 0 Å². The number of hydrogen-bond donors (Lipinski definition) is 2. The van der Waals surface area contributed by atoms with Gasteiger partial charge in [-0.1, -0.05) is 0 Å². The van der Waals surface area contributed by atoms with Crippen LogP contribution in [-0.4, -0.2) is 55.7 Å². The van der Waals surface area contributed by atoms with Crippen LogP contribution in [0.5, 0.6) is 0 Å². The van der Waals surface area contributed by atoms with Crippen LogP contribution >= 0.6 is 0 Å². The zero-order valence-corrected chi connectivity index (χ0v) is 9.71. The molecule has 2 rings (SSSR count). The van der Waals surface area contributed by atoms with Crippen LogP contribution in [0.4, 0.5) is 0 Å². The average Bonchev–Trinajstić information content (AvgIpc) is 2.27. The highest BCUT2D eigenvalue weighted by Gasteiger charge is 2.39. The molecule has 92 valence electrons. The molecule has 1 saturated carbocycles. The van der Waals surface area contributed by atoms with Crippen molar-refractivity contribution in [2.75, 3.05) is 39.4 Å². The van der Waals surface area contributed by atoms with Gasteiger partial charge in [-0.05, 0) is 19.3 Å². The Labute approximate surface area is 96.3 Å². The molecule has 5 nitrogen and oxygen atoms in total. The molecule has 0 aromatic carbocycles. The lowest BCUT2D eigenvalue weighted by Crippen LogP contribution is -2.59. The third kappa shape index (κ3) is 2.72. The van der Waals surface area contributed by atoms with Crippen molar-refractivity contribution in [1.82, 2.24) is 10.2 Å². The molecule has 2 fully saturated rings. The van der Waals surface area contributed by atoms with E-state index in [-0.39, 0.29) is 5.91 Å². The van der Waals surface area contributed by atoms with Gasteiger partial charge in [0.25, 0.3) is 0 Å². The van der Waals surface area contributed by atoms with Crippen LogP contribution in [0.3, 0.4) is 0 Å². The average molecular weight is 227 g/mol. The fourth-order valence-electron chi connectivity index (χ4n) is 2.11. The fourth-order valence-corrected chi connectivity index (χ4v) is 2.11. The number of carbonyl (C=O) groups is 1. The van der Waals surface area contributed by atoms with E-state index in [1.165, 1.54) is 0 Å². The Morgan fingerprint density at radius 1 is 1.38 bits per heavy atom. The zero-order chi connectivity index (χ0) is 11.4. The second-order valence-corrected chi connectivity index (χ2v) is 4.72. The number of nitrogens with zero attached hydrogens (tertiary/aromatic N) is 1. The first-order valence-corrected chi connectivity index (χ1v) is 6.08. The Hall–Kier alpha value is -0.650. The van der Waals surface area contributed by atoms with Gasteiger partial charge in [-0.2, -0.15) is 0 Å². The lowest BCUT2D eigenvalue weighted by molar-refractivity contribution is -0.129. The van der Waals surface area contributed by atoms with Crippen molar-refractivity contribution < 1.29 is 9.53 Å². The summed E-state index contributed by atoms with van der Waals surface area (Å²) in [7, 11) is 0. The van der Waals surface area contributed by atoms with Gasteiger partial charge in [0.05, 0.1) is 18.8 Å². The lowest BCUT2D eigenvalue weighted by Gasteiger charge is -2.36. The summed E-state index contributed by atoms with van der Waals surface area (Å²) < 4.78 is 5.26. The van der Waals surface area contributed by atoms with Crippen LogP contribution in [0.15, 0.2) is 0 Å². The van der Waals surface area contributed by atoms with Gasteiger partial charge in [0, 0.05) is 26.2 Å². The minimum atomic E-state index is -0.564. The van der Waals surface area contributed by atoms with E-state index >= 15 is 0 Å². The number of nitrogens with two attached hydrogens (primary N) is 1. The molecule has 5 heteroatoms. The first-order chi connectivity index (χ1) is 7.71. The number of nitrogens with one attached hydrogen (secondary N) is 1. The minimum absolute atomic E-state index is 0.0204. The molecule has 1 aliphatic carbocycles. The van der Waals surface area contributed by atoms with E-state index in [9.17, 15) is 4.79 Å². The first-order valence-electron chi connectivity index (χ1n) is 6.08. The Bertz CT molecular complexity index is 248. The van der Waals surface area contributed by atoms with Gasteiger partial charge in [0.15, 0.2) is 0 Å². The normalized spacial score (nSPS) is 24.8. The number of rotatable bonds is 4. The van der Waals surface area contributed by atoms with E-state index in [0.717, 1.165) is 52.1 Å². The quantitative estimate of drug-likeness (QED) is 0.667. The second-order valence-electron chi connectivity index (χ2n) is 4.72. The Morgan fingerprint density at radius 3 is 2.62 bits per heavy atom. The molecule has 0 unspecified atom stereocenters. The van der Waals surface area contributed by atoms with Crippen molar-refractivity contribution >= 4 is 5.91 Å². The smallest absolute Gasteiger partial charge is 0.240 e. The van der Waals surface area contributed by atoms with Crippen LogP contribution in [0.1, 0.15) is 19.3 Å². The van der Waals surface area contributed by atoms with Crippen molar-refractivity contribution in [3.05, 3.63) is 0 Å². The molecule has 2 aliphatic rings. The SMILES string of the molecule is NC1(C(=O)NCCN2CCOCC2)CCC1. The van der Waals surface area contributed by atoms with Gasteiger partial charge in [-0.25, -0.2) is 0 Å². The van der Waals surface area contributed by atoms with Crippen LogP contribution in [0, 0.1) is 0 Å². The van der Waals surface area contributed by atoms with Crippen molar-refractivity contribution in [3.8, 4) is 0 Å². The van der Waals surface area contributed by atoms with E-state index in [4.69, 9.17) is 10.5 Å². The summed E-state index contributed by atoms with van der Waals surface area (Å²) in [5, 5.41) is 2.93. The predicted molar refractivity (Wildman–Crippen MR) is 61.0 cm³/mol. The molecule has 1 aliphatic heterocycles. The topological polar surface area (TPSA) is 67.6 Å². The molecule has 16 heavy (non-hydrogen) atoms. The number of morpholine rings is 1. The highest BCUT2D eigenvalue weighted by Crippen LogP contribution is 2.28. The molecule has 0 aromatic heterocycles. The van der Waals surface area contributed by atoms with Gasteiger partial charge in [-0.3, -0.25) is 9.69 Å². The van der Waals surface area contributed by atoms with Crippen LogP contribution in [-0.2, 0) is 9.53 Å². The number of amides is 1. The highest BCUT2D eigenvalue weighted by molar-refractivity contribution is 5.86. The predicted octanol–water partition coefficient (Wildman–Crippen LogP) is -0.684. The molecule has 0 atom stereocenters. The van der Waals surface area contributed by atoms with Crippen molar-refractivity contribution in [2.24, 2.45) is 5.73 Å². The molecular weight excluding hydrogens is 206 g/mol. The fraction of sp³-hybridized carbons (Fsp3) is 0.909. The number of carbonyl (C=O) groups excluding carboxylic acids is 1. The Balaban J connectivity index is 1.61. The van der Waals surface area contributed by atoms with E-state index in [0.29, 0.717) is 6.54 Å². The molecule has 0 spiro atoms. The molecule has 1 saturated heterocycles. The maximum Gasteiger partial charge on any atom is 0.240 e. The van der Waals surface area contributed by atoms with E-state index in [1.54, 1.807) is 0 Å². The first kappa shape index (κ1) is 11.8. The van der Waals surface area contributed by atoms with Crippen molar-refractivity contribution in [2.45, 2.75) is 24.8 Å². The Morgan fingerprint density at radius 2 is 2.06 bits per heavy atom. The maximum absolute atomic E-state index is 11.7. The summed E-state index contributed by atoms with van der Waals surface area (Å²) in [6, 6.07) is 0. The molecular formula is C11H21N3O2. The summed E-state index contributed by atoms with van der Waals surface area (Å²) in [4.78, 5) is 14.0. The van der Waals surface area contributed by atoms with Gasteiger partial charge < -0.3 is 15.8 Å². The van der Waals surface area contributed by atoms with Crippen LogP contribution in [0.2, 0.25) is 0 Å². The summed E-state index contributed by atoms with van der Waals surface area (Å²) in [5.41, 5.74) is 5.36. The van der Waals surface area contributed by atoms with Gasteiger partial charge in [-0.15, -0.1) is 0 Å². The summed E-state index contributed by atoms with van der Waals surface area (Å²) in [6.45, 7) is 5.11. The summed E-state index contributed by atoms with van der Waals surface area (Å²) >= 11 is 0. The van der Waals surface area contributed by atoms with Crippen LogP contribution < -0.4 is 11.1 Å². The van der Waals surface area contributed by atoms with E-state index in [2.05, 4.69) is 10.2 Å². The zero-order valence-electron chi connectivity index (χ0n) is 9.71. The van der Waals surface area contributed by atoms with Gasteiger partial charge in [0.2, 0.25) is 5.91 Å². The van der Waals surface area contributed by atoms with Gasteiger partial charge >= 0.3 is 0 Å². The number of hydrogen-bond acceptors (Lipinski definition) is 4. The van der Waals surface area contributed by atoms with E-state index < -0.39 is 5.54 Å². The molecule has 0 aromatic rings. The summed E-state index contributed by atoms with van der Waals surface area (Å²) in [6.07, 6.45) is 2.74. The largest absolute Gasteiger partial charge is 0.379 e. The second kappa shape index (κ2) is 5.12. The highest BCUT2D eigenvalue weighted by atomic mass is 16.5. The third-order valence-electron chi connectivity index (χ3n) is 3.52. The molecule has 3 N–H and O–H groups in total. The maximum atomic E-state index is 11.7.